The highest BCUT2D eigenvalue weighted by atomic mass is 15.0. The summed E-state index contributed by atoms with van der Waals surface area (Å²) in [7, 11) is 0. The molecule has 0 atom stereocenters. The van der Waals surface area contributed by atoms with Crippen LogP contribution in [0.15, 0.2) is 36.7 Å². The molecular weight excluding hydrogens is 224 g/mol. The molecule has 0 aliphatic carbocycles. The van der Waals surface area contributed by atoms with Crippen LogP contribution in [-0.4, -0.2) is 9.97 Å². The Bertz CT molecular complexity index is 505. The fraction of sp³-hybridized carbons (Fsp3) is 0.286. The number of nitrogen functional groups attached to an aromatic ring is 1. The fourth-order valence-electron chi connectivity index (χ4n) is 1.68. The third-order valence-electron chi connectivity index (χ3n) is 2.77. The lowest BCUT2D eigenvalue weighted by molar-refractivity contribution is 0.865. The van der Waals surface area contributed by atoms with Gasteiger partial charge in [0.05, 0.1) is 12.4 Å². The number of benzene rings is 1. The molecule has 0 aliphatic heterocycles. The van der Waals surface area contributed by atoms with Gasteiger partial charge in [0, 0.05) is 6.54 Å². The van der Waals surface area contributed by atoms with E-state index in [1.807, 2.05) is 0 Å². The van der Waals surface area contributed by atoms with Crippen LogP contribution >= 0.6 is 0 Å². The predicted octanol–water partition coefficient (Wildman–Crippen LogP) is 2.79. The number of nitrogens with one attached hydrogen (secondary N) is 1. The summed E-state index contributed by atoms with van der Waals surface area (Å²) in [5, 5.41) is 3.20. The smallest absolute Gasteiger partial charge is 0.147 e. The molecule has 0 saturated carbocycles. The average Bonchev–Trinajstić information content (AvgIpc) is 2.37. The van der Waals surface area contributed by atoms with Crippen molar-refractivity contribution in [3.05, 3.63) is 47.8 Å². The summed E-state index contributed by atoms with van der Waals surface area (Å²) < 4.78 is 0. The summed E-state index contributed by atoms with van der Waals surface area (Å²) in [5.74, 6) is 1.69. The van der Waals surface area contributed by atoms with Crippen molar-refractivity contribution >= 4 is 11.6 Å². The minimum absolute atomic E-state index is 0.426. The Morgan fingerprint density at radius 2 is 1.89 bits per heavy atom. The van der Waals surface area contributed by atoms with E-state index in [0.29, 0.717) is 17.6 Å². The molecule has 2 rings (SSSR count). The molecule has 4 nitrogen and oxygen atoms in total. The Morgan fingerprint density at radius 3 is 2.50 bits per heavy atom. The molecule has 0 fully saturated rings. The van der Waals surface area contributed by atoms with Gasteiger partial charge in [0.25, 0.3) is 0 Å². The van der Waals surface area contributed by atoms with E-state index in [4.69, 9.17) is 5.73 Å². The van der Waals surface area contributed by atoms with Crippen LogP contribution in [0.25, 0.3) is 0 Å². The van der Waals surface area contributed by atoms with Crippen molar-refractivity contribution in [3.8, 4) is 0 Å². The maximum atomic E-state index is 5.57. The zero-order chi connectivity index (χ0) is 13.0. The maximum Gasteiger partial charge on any atom is 0.147 e. The van der Waals surface area contributed by atoms with Crippen molar-refractivity contribution in [1.82, 2.24) is 9.97 Å². The Morgan fingerprint density at radius 1 is 1.17 bits per heavy atom. The summed E-state index contributed by atoms with van der Waals surface area (Å²) in [6.45, 7) is 5.10. The van der Waals surface area contributed by atoms with Gasteiger partial charge in [0.2, 0.25) is 0 Å². The quantitative estimate of drug-likeness (QED) is 0.865. The van der Waals surface area contributed by atoms with Gasteiger partial charge in [-0.1, -0.05) is 38.1 Å². The highest BCUT2D eigenvalue weighted by molar-refractivity contribution is 5.39. The van der Waals surface area contributed by atoms with E-state index in [9.17, 15) is 0 Å². The highest BCUT2D eigenvalue weighted by Gasteiger charge is 2.00. The van der Waals surface area contributed by atoms with Crippen molar-refractivity contribution in [2.24, 2.45) is 0 Å². The van der Waals surface area contributed by atoms with E-state index in [0.717, 1.165) is 6.54 Å². The van der Waals surface area contributed by atoms with Crippen molar-refractivity contribution in [2.75, 3.05) is 11.1 Å². The SMILES string of the molecule is CC(C)c1ccc(CNc2cncc(N)n2)cc1. The lowest BCUT2D eigenvalue weighted by Gasteiger charge is -2.08. The van der Waals surface area contributed by atoms with E-state index >= 15 is 0 Å². The van der Waals surface area contributed by atoms with Gasteiger partial charge in [0.15, 0.2) is 0 Å². The molecule has 0 unspecified atom stereocenters. The van der Waals surface area contributed by atoms with Gasteiger partial charge >= 0.3 is 0 Å². The minimum Gasteiger partial charge on any atom is -0.382 e. The largest absolute Gasteiger partial charge is 0.382 e. The molecule has 0 saturated heterocycles. The van der Waals surface area contributed by atoms with Crippen molar-refractivity contribution in [3.63, 3.8) is 0 Å². The van der Waals surface area contributed by atoms with Crippen LogP contribution in [0.2, 0.25) is 0 Å². The summed E-state index contributed by atoms with van der Waals surface area (Å²) in [6, 6.07) is 8.57. The first-order valence-corrected chi connectivity index (χ1v) is 6.05. The predicted molar refractivity (Wildman–Crippen MR) is 74.3 cm³/mol. The van der Waals surface area contributed by atoms with Crippen LogP contribution in [0.4, 0.5) is 11.6 Å². The second-order valence-electron chi connectivity index (χ2n) is 4.58. The first kappa shape index (κ1) is 12.4. The molecule has 18 heavy (non-hydrogen) atoms. The standard InChI is InChI=1S/C14H18N4/c1-10(2)12-5-3-11(4-6-12)7-17-14-9-16-8-13(15)18-14/h3-6,8-10H,7H2,1-2H3,(H3,15,17,18). The van der Waals surface area contributed by atoms with Crippen molar-refractivity contribution in [1.29, 1.82) is 0 Å². The van der Waals surface area contributed by atoms with Gasteiger partial charge < -0.3 is 11.1 Å². The van der Waals surface area contributed by atoms with E-state index in [1.165, 1.54) is 17.3 Å². The Balaban J connectivity index is 1.98. The lowest BCUT2D eigenvalue weighted by Crippen LogP contribution is -2.03. The highest BCUT2D eigenvalue weighted by Crippen LogP contribution is 2.15. The van der Waals surface area contributed by atoms with Crippen LogP contribution in [0.1, 0.15) is 30.9 Å². The number of nitrogens with zero attached hydrogens (tertiary/aromatic N) is 2. The minimum atomic E-state index is 0.426. The molecule has 0 bridgehead atoms. The molecule has 0 amide bonds. The van der Waals surface area contributed by atoms with E-state index < -0.39 is 0 Å². The lowest BCUT2D eigenvalue weighted by atomic mass is 10.0. The van der Waals surface area contributed by atoms with Crippen LogP contribution in [0, 0.1) is 0 Å². The number of rotatable bonds is 4. The summed E-state index contributed by atoms with van der Waals surface area (Å²) in [4.78, 5) is 8.12. The number of aromatic nitrogens is 2. The number of anilines is 2. The average molecular weight is 242 g/mol. The van der Waals surface area contributed by atoms with Gasteiger partial charge in [-0.3, -0.25) is 4.98 Å². The summed E-state index contributed by atoms with van der Waals surface area (Å²) in [5.41, 5.74) is 8.13. The summed E-state index contributed by atoms with van der Waals surface area (Å²) in [6.07, 6.45) is 3.20. The van der Waals surface area contributed by atoms with Gasteiger partial charge in [-0.05, 0) is 17.0 Å². The van der Waals surface area contributed by atoms with Crippen molar-refractivity contribution < 1.29 is 0 Å². The monoisotopic (exact) mass is 242 g/mol. The first-order valence-electron chi connectivity index (χ1n) is 6.05. The molecule has 0 spiro atoms. The molecule has 1 aromatic carbocycles. The second-order valence-corrected chi connectivity index (χ2v) is 4.58. The normalized spacial score (nSPS) is 10.6. The zero-order valence-electron chi connectivity index (χ0n) is 10.7. The molecule has 4 heteroatoms. The van der Waals surface area contributed by atoms with Gasteiger partial charge in [-0.2, -0.15) is 0 Å². The van der Waals surface area contributed by atoms with E-state index in [1.54, 1.807) is 6.20 Å². The first-order chi connectivity index (χ1) is 8.65. The second kappa shape index (κ2) is 5.49. The van der Waals surface area contributed by atoms with Gasteiger partial charge in [0.1, 0.15) is 11.6 Å². The molecule has 0 radical (unpaired) electrons. The molecule has 3 N–H and O–H groups in total. The summed E-state index contributed by atoms with van der Waals surface area (Å²) >= 11 is 0. The molecule has 94 valence electrons. The molecule has 1 heterocycles. The Kier molecular flexibility index (Phi) is 3.77. The van der Waals surface area contributed by atoms with E-state index in [-0.39, 0.29) is 0 Å². The van der Waals surface area contributed by atoms with Crippen LogP contribution < -0.4 is 11.1 Å². The maximum absolute atomic E-state index is 5.57. The topological polar surface area (TPSA) is 63.8 Å². The third-order valence-corrected chi connectivity index (χ3v) is 2.77. The van der Waals surface area contributed by atoms with Crippen LogP contribution in [0.3, 0.4) is 0 Å². The molecule has 0 aliphatic rings. The van der Waals surface area contributed by atoms with Gasteiger partial charge in [-0.25, -0.2) is 4.98 Å². The number of hydrogen-bond donors (Lipinski definition) is 2. The molecule has 2 aromatic rings. The van der Waals surface area contributed by atoms with Gasteiger partial charge in [-0.15, -0.1) is 0 Å². The van der Waals surface area contributed by atoms with E-state index in [2.05, 4.69) is 53.4 Å². The van der Waals surface area contributed by atoms with Crippen molar-refractivity contribution in [2.45, 2.75) is 26.3 Å². The fourth-order valence-corrected chi connectivity index (χ4v) is 1.68. The molecular formula is C14H18N4. The van der Waals surface area contributed by atoms with Crippen LogP contribution in [-0.2, 0) is 6.54 Å². The molecule has 1 aromatic heterocycles. The third kappa shape index (κ3) is 3.20. The van der Waals surface area contributed by atoms with Crippen LogP contribution in [0.5, 0.6) is 0 Å². The number of hydrogen-bond acceptors (Lipinski definition) is 4. The Hall–Kier alpha value is -2.10. The number of nitrogens with two attached hydrogens (primary N) is 1. The zero-order valence-corrected chi connectivity index (χ0v) is 10.7. The Labute approximate surface area is 107 Å².